The summed E-state index contributed by atoms with van der Waals surface area (Å²) in [4.78, 5) is 48.7. The zero-order valence-corrected chi connectivity index (χ0v) is 16.8. The van der Waals surface area contributed by atoms with Gasteiger partial charge in [-0.1, -0.05) is 0 Å². The minimum atomic E-state index is -1.27. The molecule has 6 rings (SSSR count). The molecule has 1 N–H and O–H groups in total. The van der Waals surface area contributed by atoms with E-state index in [0.29, 0.717) is 16.9 Å². The van der Waals surface area contributed by atoms with Crippen LogP contribution in [0.3, 0.4) is 0 Å². The number of carboxylic acid groups (broad SMARTS) is 1. The third-order valence-electron chi connectivity index (χ3n) is 7.53. The van der Waals surface area contributed by atoms with Gasteiger partial charge in [0.1, 0.15) is 6.54 Å². The number of amides is 2. The molecule has 0 atom stereocenters. The average molecular weight is 411 g/mol. The monoisotopic (exact) mass is 411 g/mol. The van der Waals surface area contributed by atoms with E-state index in [-0.39, 0.29) is 16.7 Å². The first-order valence-electron chi connectivity index (χ1n) is 10.7. The SMILES string of the molecule is O=C(O)CN1C(=O)c2ccc(C(=O)OCCC34CC5CC(CC(C5)C3)C4)cc2C1=O. The van der Waals surface area contributed by atoms with Gasteiger partial charge in [-0.25, -0.2) is 4.79 Å². The standard InChI is InChI=1S/C23H25NO6/c25-19(26)12-24-20(27)17-2-1-16(8-18(17)21(24)28)22(29)30-4-3-23-9-13-5-14(10-23)7-15(6-13)11-23/h1-2,8,13-15H,3-7,9-12H2,(H,25,26). The van der Waals surface area contributed by atoms with Crippen molar-refractivity contribution in [2.75, 3.05) is 13.2 Å². The summed E-state index contributed by atoms with van der Waals surface area (Å²) < 4.78 is 5.54. The Morgan fingerprint density at radius 1 is 1.00 bits per heavy atom. The Balaban J connectivity index is 1.23. The summed E-state index contributed by atoms with van der Waals surface area (Å²) >= 11 is 0. The van der Waals surface area contributed by atoms with Crippen LogP contribution in [0, 0.1) is 23.2 Å². The quantitative estimate of drug-likeness (QED) is 0.570. The number of imide groups is 1. The molecule has 5 aliphatic rings. The molecule has 1 aliphatic heterocycles. The second-order valence-electron chi connectivity index (χ2n) is 9.65. The van der Waals surface area contributed by atoms with E-state index in [0.717, 1.165) is 24.2 Å². The lowest BCUT2D eigenvalue weighted by molar-refractivity contribution is -0.137. The summed E-state index contributed by atoms with van der Waals surface area (Å²) in [6.07, 6.45) is 8.78. The first-order valence-corrected chi connectivity index (χ1v) is 10.7. The summed E-state index contributed by atoms with van der Waals surface area (Å²) in [5, 5.41) is 8.90. The maximum atomic E-state index is 12.6. The number of aliphatic carboxylic acids is 1. The van der Waals surface area contributed by atoms with Crippen LogP contribution in [-0.4, -0.2) is 46.9 Å². The molecular formula is C23H25NO6. The molecule has 0 radical (unpaired) electrons. The molecule has 0 unspecified atom stereocenters. The summed E-state index contributed by atoms with van der Waals surface area (Å²) in [5.74, 6) is -0.587. The van der Waals surface area contributed by atoms with Crippen LogP contribution in [0.5, 0.6) is 0 Å². The van der Waals surface area contributed by atoms with Crippen molar-refractivity contribution in [2.45, 2.75) is 44.9 Å². The number of carbonyl (C=O) groups excluding carboxylic acids is 3. The Hall–Kier alpha value is -2.70. The Morgan fingerprint density at radius 3 is 2.20 bits per heavy atom. The second-order valence-corrected chi connectivity index (χ2v) is 9.65. The maximum Gasteiger partial charge on any atom is 0.338 e. The highest BCUT2D eigenvalue weighted by atomic mass is 16.5. The van der Waals surface area contributed by atoms with Crippen molar-refractivity contribution >= 4 is 23.8 Å². The number of ether oxygens (including phenoxy) is 1. The van der Waals surface area contributed by atoms with Crippen molar-refractivity contribution in [2.24, 2.45) is 23.2 Å². The Kier molecular flexibility index (Phi) is 4.45. The van der Waals surface area contributed by atoms with E-state index in [4.69, 9.17) is 9.84 Å². The van der Waals surface area contributed by atoms with Crippen LogP contribution in [-0.2, 0) is 9.53 Å². The molecule has 30 heavy (non-hydrogen) atoms. The highest BCUT2D eigenvalue weighted by Crippen LogP contribution is 2.61. The van der Waals surface area contributed by atoms with Gasteiger partial charge in [0.2, 0.25) is 0 Å². The van der Waals surface area contributed by atoms with Crippen LogP contribution in [0.25, 0.3) is 0 Å². The molecule has 7 heteroatoms. The van der Waals surface area contributed by atoms with Crippen molar-refractivity contribution in [1.29, 1.82) is 0 Å². The molecule has 7 nitrogen and oxygen atoms in total. The molecule has 4 saturated carbocycles. The zero-order valence-electron chi connectivity index (χ0n) is 16.8. The first kappa shape index (κ1) is 19.3. The van der Waals surface area contributed by atoms with E-state index < -0.39 is 30.3 Å². The zero-order chi connectivity index (χ0) is 21.0. The largest absolute Gasteiger partial charge is 0.480 e. The van der Waals surface area contributed by atoms with Crippen LogP contribution < -0.4 is 0 Å². The van der Waals surface area contributed by atoms with Crippen LogP contribution in [0.15, 0.2) is 18.2 Å². The number of carboxylic acids is 1. The van der Waals surface area contributed by atoms with E-state index in [2.05, 4.69) is 0 Å². The number of benzene rings is 1. The number of hydrogen-bond donors (Lipinski definition) is 1. The van der Waals surface area contributed by atoms with E-state index >= 15 is 0 Å². The molecule has 4 fully saturated rings. The lowest BCUT2D eigenvalue weighted by Gasteiger charge is -2.57. The van der Waals surface area contributed by atoms with Gasteiger partial charge in [-0.3, -0.25) is 19.3 Å². The molecule has 158 valence electrons. The van der Waals surface area contributed by atoms with Gasteiger partial charge < -0.3 is 9.84 Å². The van der Waals surface area contributed by atoms with Gasteiger partial charge in [-0.2, -0.15) is 0 Å². The fourth-order valence-electron chi connectivity index (χ4n) is 6.74. The van der Waals surface area contributed by atoms with E-state index in [1.807, 2.05) is 0 Å². The Labute approximate surface area is 174 Å². The van der Waals surface area contributed by atoms with E-state index in [9.17, 15) is 19.2 Å². The molecule has 0 saturated heterocycles. The summed E-state index contributed by atoms with van der Waals surface area (Å²) in [6, 6.07) is 4.19. The van der Waals surface area contributed by atoms with Gasteiger partial charge in [0.25, 0.3) is 11.8 Å². The summed E-state index contributed by atoms with van der Waals surface area (Å²) in [7, 11) is 0. The molecule has 2 amide bonds. The van der Waals surface area contributed by atoms with Crippen molar-refractivity contribution < 1.29 is 29.0 Å². The van der Waals surface area contributed by atoms with Crippen molar-refractivity contribution in [3.05, 3.63) is 34.9 Å². The Bertz CT molecular complexity index is 916. The van der Waals surface area contributed by atoms with Gasteiger partial charge in [0.15, 0.2) is 0 Å². The lowest BCUT2D eigenvalue weighted by Crippen LogP contribution is -2.46. The number of esters is 1. The van der Waals surface area contributed by atoms with Crippen molar-refractivity contribution in [1.82, 2.24) is 4.90 Å². The summed E-state index contributed by atoms with van der Waals surface area (Å²) in [6.45, 7) is -0.336. The van der Waals surface area contributed by atoms with Crippen molar-refractivity contribution in [3.63, 3.8) is 0 Å². The predicted molar refractivity (Wildman–Crippen MR) is 105 cm³/mol. The molecule has 1 aromatic carbocycles. The van der Waals surface area contributed by atoms with Crippen LogP contribution in [0.1, 0.15) is 76.0 Å². The smallest absolute Gasteiger partial charge is 0.338 e. The minimum Gasteiger partial charge on any atom is -0.480 e. The maximum absolute atomic E-state index is 12.6. The van der Waals surface area contributed by atoms with E-state index in [1.54, 1.807) is 0 Å². The first-order chi connectivity index (χ1) is 14.3. The third-order valence-corrected chi connectivity index (χ3v) is 7.53. The van der Waals surface area contributed by atoms with Gasteiger partial charge in [-0.15, -0.1) is 0 Å². The molecule has 0 spiro atoms. The van der Waals surface area contributed by atoms with Gasteiger partial charge in [0.05, 0.1) is 23.3 Å². The molecule has 4 bridgehead atoms. The van der Waals surface area contributed by atoms with Crippen molar-refractivity contribution in [3.8, 4) is 0 Å². The fourth-order valence-corrected chi connectivity index (χ4v) is 6.74. The van der Waals surface area contributed by atoms with E-state index in [1.165, 1.54) is 56.7 Å². The molecular weight excluding hydrogens is 386 g/mol. The minimum absolute atomic E-state index is 0.0526. The molecule has 4 aliphatic carbocycles. The normalized spacial score (nSPS) is 31.2. The highest BCUT2D eigenvalue weighted by molar-refractivity contribution is 6.22. The molecule has 1 heterocycles. The van der Waals surface area contributed by atoms with Crippen LogP contribution in [0.4, 0.5) is 0 Å². The highest BCUT2D eigenvalue weighted by Gasteiger charge is 2.50. The molecule has 1 aromatic rings. The fraction of sp³-hybridized carbons (Fsp3) is 0.565. The Morgan fingerprint density at radius 2 is 1.60 bits per heavy atom. The third kappa shape index (κ3) is 3.20. The van der Waals surface area contributed by atoms with Gasteiger partial charge in [-0.05, 0) is 86.3 Å². The molecule has 0 aromatic heterocycles. The van der Waals surface area contributed by atoms with Crippen LogP contribution >= 0.6 is 0 Å². The number of rotatable bonds is 6. The topological polar surface area (TPSA) is 101 Å². The predicted octanol–water partition coefficient (Wildman–Crippen LogP) is 3.13. The number of carbonyl (C=O) groups is 4. The lowest BCUT2D eigenvalue weighted by atomic mass is 9.49. The number of hydrogen-bond acceptors (Lipinski definition) is 5. The van der Waals surface area contributed by atoms with Gasteiger partial charge >= 0.3 is 11.9 Å². The summed E-state index contributed by atoms with van der Waals surface area (Å²) in [5.41, 5.74) is 0.702. The number of nitrogens with zero attached hydrogens (tertiary/aromatic N) is 1. The second kappa shape index (κ2) is 6.93. The van der Waals surface area contributed by atoms with Gasteiger partial charge in [0, 0.05) is 0 Å². The van der Waals surface area contributed by atoms with Crippen LogP contribution in [0.2, 0.25) is 0 Å². The average Bonchev–Trinajstić information content (AvgIpc) is 2.91. The number of fused-ring (bicyclic) bond motifs is 1.